The summed E-state index contributed by atoms with van der Waals surface area (Å²) in [5.41, 5.74) is -1.03. The van der Waals surface area contributed by atoms with E-state index in [4.69, 9.17) is 0 Å². The van der Waals surface area contributed by atoms with Gasteiger partial charge in [-0.25, -0.2) is 8.42 Å². The number of carboxylic acids is 1. The van der Waals surface area contributed by atoms with Crippen LogP contribution >= 0.6 is 0 Å². The number of hydrogen-bond acceptors (Lipinski definition) is 3. The topological polar surface area (TPSA) is 71.4 Å². The Kier molecular flexibility index (Phi) is 3.43. The lowest BCUT2D eigenvalue weighted by Gasteiger charge is -2.31. The molecule has 1 aliphatic rings. The maximum atomic E-state index is 11.4. The van der Waals surface area contributed by atoms with E-state index in [0.29, 0.717) is 0 Å². The smallest absolute Gasteiger partial charge is 0.310 e. The van der Waals surface area contributed by atoms with Gasteiger partial charge in [0.2, 0.25) is 0 Å². The summed E-state index contributed by atoms with van der Waals surface area (Å²) in [6.07, 6.45) is 1.72. The van der Waals surface area contributed by atoms with Crippen molar-refractivity contribution in [1.82, 2.24) is 0 Å². The fourth-order valence-electron chi connectivity index (χ4n) is 2.61. The Balaban J connectivity index is 3.06. The van der Waals surface area contributed by atoms with Crippen LogP contribution in [-0.4, -0.2) is 31.0 Å². The summed E-state index contributed by atoms with van der Waals surface area (Å²) in [5.74, 6) is -1.14. The van der Waals surface area contributed by atoms with E-state index in [1.54, 1.807) is 0 Å². The third-order valence-corrected chi connectivity index (χ3v) is 5.31. The molecule has 15 heavy (non-hydrogen) atoms. The number of carbonyl (C=O) groups is 1. The van der Waals surface area contributed by atoms with Crippen molar-refractivity contribution in [3.8, 4) is 0 Å². The molecule has 0 aromatic heterocycles. The summed E-state index contributed by atoms with van der Waals surface area (Å²) in [6, 6.07) is 0. The van der Waals surface area contributed by atoms with E-state index < -0.39 is 21.2 Å². The average molecular weight is 234 g/mol. The van der Waals surface area contributed by atoms with Crippen molar-refractivity contribution in [1.29, 1.82) is 0 Å². The van der Waals surface area contributed by atoms with Crippen LogP contribution in [0.1, 0.15) is 33.1 Å². The highest BCUT2D eigenvalue weighted by Crippen LogP contribution is 2.42. The number of sulfone groups is 1. The molecule has 1 fully saturated rings. The molecule has 1 aliphatic heterocycles. The van der Waals surface area contributed by atoms with Gasteiger partial charge in [-0.2, -0.15) is 0 Å². The van der Waals surface area contributed by atoms with Gasteiger partial charge in [0.15, 0.2) is 9.84 Å². The Labute approximate surface area is 90.6 Å². The summed E-state index contributed by atoms with van der Waals surface area (Å²) in [6.45, 7) is 3.84. The minimum atomic E-state index is -3.14. The summed E-state index contributed by atoms with van der Waals surface area (Å²) in [7, 11) is -3.14. The van der Waals surface area contributed by atoms with Gasteiger partial charge in [-0.15, -0.1) is 0 Å². The SMILES string of the molecule is CCC(CC)C1(C(=O)O)CCS(=O)(=O)C1. The van der Waals surface area contributed by atoms with Crippen molar-refractivity contribution in [2.75, 3.05) is 11.5 Å². The Morgan fingerprint density at radius 1 is 1.40 bits per heavy atom. The molecule has 0 saturated carbocycles. The maximum absolute atomic E-state index is 11.4. The predicted molar refractivity (Wildman–Crippen MR) is 57.4 cm³/mol. The zero-order valence-electron chi connectivity index (χ0n) is 9.19. The van der Waals surface area contributed by atoms with Crippen molar-refractivity contribution in [2.24, 2.45) is 11.3 Å². The van der Waals surface area contributed by atoms with Gasteiger partial charge in [-0.05, 0) is 12.3 Å². The van der Waals surface area contributed by atoms with Gasteiger partial charge in [0.05, 0.1) is 16.9 Å². The quantitative estimate of drug-likeness (QED) is 0.796. The second-order valence-corrected chi connectivity index (χ2v) is 6.50. The molecular formula is C10H18O4S. The van der Waals surface area contributed by atoms with Crippen LogP contribution in [0.5, 0.6) is 0 Å². The molecule has 0 aromatic carbocycles. The maximum Gasteiger partial charge on any atom is 0.310 e. The lowest BCUT2D eigenvalue weighted by molar-refractivity contribution is -0.151. The molecule has 0 amide bonds. The monoisotopic (exact) mass is 234 g/mol. The van der Waals surface area contributed by atoms with Gasteiger partial charge in [-0.3, -0.25) is 4.79 Å². The van der Waals surface area contributed by atoms with Crippen LogP contribution in [0.4, 0.5) is 0 Å². The Hall–Kier alpha value is -0.580. The lowest BCUT2D eigenvalue weighted by atomic mass is 9.72. The van der Waals surface area contributed by atoms with E-state index in [1.165, 1.54) is 0 Å². The lowest BCUT2D eigenvalue weighted by Crippen LogP contribution is -2.39. The fourth-order valence-corrected chi connectivity index (χ4v) is 4.72. The Morgan fingerprint density at radius 3 is 2.20 bits per heavy atom. The molecule has 1 atom stereocenters. The zero-order valence-corrected chi connectivity index (χ0v) is 10.0. The minimum Gasteiger partial charge on any atom is -0.481 e. The molecule has 0 spiro atoms. The first-order valence-corrected chi connectivity index (χ1v) is 7.14. The highest BCUT2D eigenvalue weighted by Gasteiger charge is 2.52. The molecule has 4 nitrogen and oxygen atoms in total. The van der Waals surface area contributed by atoms with Gasteiger partial charge in [-0.1, -0.05) is 26.7 Å². The molecule has 1 heterocycles. The van der Waals surface area contributed by atoms with Gasteiger partial charge >= 0.3 is 5.97 Å². The van der Waals surface area contributed by atoms with Gasteiger partial charge in [0.25, 0.3) is 0 Å². The van der Waals surface area contributed by atoms with Crippen LogP contribution in [0, 0.1) is 11.3 Å². The second-order valence-electron chi connectivity index (χ2n) is 4.32. The highest BCUT2D eigenvalue weighted by molar-refractivity contribution is 7.91. The average Bonchev–Trinajstić information content (AvgIpc) is 2.46. The molecule has 0 bridgehead atoms. The first kappa shape index (κ1) is 12.5. The molecule has 1 N–H and O–H groups in total. The number of aliphatic carboxylic acids is 1. The Morgan fingerprint density at radius 2 is 1.93 bits per heavy atom. The van der Waals surface area contributed by atoms with Crippen LogP contribution in [-0.2, 0) is 14.6 Å². The molecule has 1 rings (SSSR count). The molecule has 0 aliphatic carbocycles. The van der Waals surface area contributed by atoms with E-state index in [9.17, 15) is 18.3 Å². The molecule has 1 unspecified atom stereocenters. The normalized spacial score (nSPS) is 29.5. The fraction of sp³-hybridized carbons (Fsp3) is 0.900. The van der Waals surface area contributed by atoms with Crippen LogP contribution in [0.3, 0.4) is 0 Å². The summed E-state index contributed by atoms with van der Waals surface area (Å²) < 4.78 is 22.8. The third-order valence-electron chi connectivity index (χ3n) is 3.53. The van der Waals surface area contributed by atoms with E-state index in [-0.39, 0.29) is 23.8 Å². The molecule has 0 radical (unpaired) electrons. The van der Waals surface area contributed by atoms with Gasteiger partial charge < -0.3 is 5.11 Å². The van der Waals surface area contributed by atoms with E-state index in [2.05, 4.69) is 0 Å². The van der Waals surface area contributed by atoms with Crippen molar-refractivity contribution in [2.45, 2.75) is 33.1 Å². The molecule has 5 heteroatoms. The Bertz CT molecular complexity index is 342. The first-order chi connectivity index (χ1) is 6.88. The number of carboxylic acid groups (broad SMARTS) is 1. The number of hydrogen-bond donors (Lipinski definition) is 1. The van der Waals surface area contributed by atoms with Crippen LogP contribution < -0.4 is 0 Å². The predicted octanol–water partition coefficient (Wildman–Crippen LogP) is 1.31. The van der Waals surface area contributed by atoms with E-state index in [0.717, 1.165) is 12.8 Å². The standard InChI is InChI=1S/C10H18O4S/c1-3-8(4-2)10(9(11)12)5-6-15(13,14)7-10/h8H,3-7H2,1-2H3,(H,11,12). The van der Waals surface area contributed by atoms with Crippen LogP contribution in [0.25, 0.3) is 0 Å². The third kappa shape index (κ3) is 2.17. The van der Waals surface area contributed by atoms with Crippen molar-refractivity contribution in [3.63, 3.8) is 0 Å². The van der Waals surface area contributed by atoms with Crippen molar-refractivity contribution in [3.05, 3.63) is 0 Å². The van der Waals surface area contributed by atoms with Gasteiger partial charge in [0, 0.05) is 0 Å². The minimum absolute atomic E-state index is 0.0236. The summed E-state index contributed by atoms with van der Waals surface area (Å²) in [5, 5.41) is 9.26. The molecular weight excluding hydrogens is 216 g/mol. The number of rotatable bonds is 4. The molecule has 0 aromatic rings. The summed E-state index contributed by atoms with van der Waals surface area (Å²) >= 11 is 0. The van der Waals surface area contributed by atoms with E-state index in [1.807, 2.05) is 13.8 Å². The van der Waals surface area contributed by atoms with Crippen LogP contribution in [0.2, 0.25) is 0 Å². The van der Waals surface area contributed by atoms with Crippen molar-refractivity contribution < 1.29 is 18.3 Å². The second kappa shape index (κ2) is 4.12. The zero-order chi connectivity index (χ0) is 11.7. The van der Waals surface area contributed by atoms with Gasteiger partial charge in [0.1, 0.15) is 0 Å². The molecule has 1 saturated heterocycles. The summed E-state index contributed by atoms with van der Waals surface area (Å²) in [4.78, 5) is 11.3. The van der Waals surface area contributed by atoms with E-state index >= 15 is 0 Å². The highest BCUT2D eigenvalue weighted by atomic mass is 32.2. The first-order valence-electron chi connectivity index (χ1n) is 5.31. The van der Waals surface area contributed by atoms with Crippen LogP contribution in [0.15, 0.2) is 0 Å². The largest absolute Gasteiger partial charge is 0.481 e. The molecule has 88 valence electrons. The van der Waals surface area contributed by atoms with Crippen molar-refractivity contribution >= 4 is 15.8 Å².